The van der Waals surface area contributed by atoms with Crippen molar-refractivity contribution in [3.63, 3.8) is 0 Å². The summed E-state index contributed by atoms with van der Waals surface area (Å²) in [4.78, 5) is 0. The molecule has 0 saturated carbocycles. The van der Waals surface area contributed by atoms with Gasteiger partial charge in [0.25, 0.3) is 0 Å². The van der Waals surface area contributed by atoms with Gasteiger partial charge in [0.2, 0.25) is 0 Å². The smallest absolute Gasteiger partial charge is 0.199 e. The van der Waals surface area contributed by atoms with E-state index in [1.165, 1.54) is 13.3 Å². The summed E-state index contributed by atoms with van der Waals surface area (Å²) in [5.74, 6) is -11.1. The highest BCUT2D eigenvalue weighted by molar-refractivity contribution is 14.1. The van der Waals surface area contributed by atoms with E-state index in [0.717, 1.165) is 38.5 Å². The summed E-state index contributed by atoms with van der Waals surface area (Å²) in [6.07, 6.45) is 0.277. The average Bonchev–Trinajstić information content (AvgIpc) is 2.39. The molecule has 0 fully saturated rings. The molecule has 8 heteroatoms. The van der Waals surface area contributed by atoms with Crippen molar-refractivity contribution in [2.45, 2.75) is 99.5 Å². The summed E-state index contributed by atoms with van der Waals surface area (Å²) in [6.45, 7) is 3.41. The van der Waals surface area contributed by atoms with Crippen LogP contribution in [-0.2, 0) is 0 Å². The van der Waals surface area contributed by atoms with Gasteiger partial charge < -0.3 is 0 Å². The Labute approximate surface area is 153 Å². The summed E-state index contributed by atoms with van der Waals surface area (Å²) >= 11 is 1.57. The van der Waals surface area contributed by atoms with Gasteiger partial charge in [0.1, 0.15) is 0 Å². The van der Waals surface area contributed by atoms with Crippen LogP contribution in [0.3, 0.4) is 0 Å². The molecular formula is C16H26F7I. The summed E-state index contributed by atoms with van der Waals surface area (Å²) in [7, 11) is 0. The summed E-state index contributed by atoms with van der Waals surface area (Å²) in [6, 6.07) is 0. The van der Waals surface area contributed by atoms with Crippen molar-refractivity contribution >= 4 is 22.6 Å². The van der Waals surface area contributed by atoms with Gasteiger partial charge in [-0.05, 0) is 6.42 Å². The molecule has 1 atom stereocenters. The SMILES string of the molecule is CCCCCCCCCCC(C)(I)CC(F)(F)C(F)(F)C(F)(F)F. The molecule has 0 aliphatic carbocycles. The van der Waals surface area contributed by atoms with Crippen molar-refractivity contribution in [3.8, 4) is 0 Å². The largest absolute Gasteiger partial charge is 0.459 e. The van der Waals surface area contributed by atoms with E-state index >= 15 is 0 Å². The number of rotatable bonds is 12. The highest BCUT2D eigenvalue weighted by Crippen LogP contribution is 2.51. The van der Waals surface area contributed by atoms with Crippen LogP contribution < -0.4 is 0 Å². The Balaban J connectivity index is 4.29. The van der Waals surface area contributed by atoms with Gasteiger partial charge in [-0.25, -0.2) is 0 Å². The van der Waals surface area contributed by atoms with Crippen LogP contribution in [0.15, 0.2) is 0 Å². The predicted octanol–water partition coefficient (Wildman–Crippen LogP) is 7.93. The number of hydrogen-bond donors (Lipinski definition) is 0. The first-order valence-corrected chi connectivity index (χ1v) is 9.36. The number of hydrogen-bond acceptors (Lipinski definition) is 0. The first kappa shape index (κ1) is 24.2. The lowest BCUT2D eigenvalue weighted by Gasteiger charge is -2.33. The predicted molar refractivity (Wildman–Crippen MR) is 90.2 cm³/mol. The molecule has 146 valence electrons. The van der Waals surface area contributed by atoms with Crippen molar-refractivity contribution in [1.82, 2.24) is 0 Å². The molecule has 0 bridgehead atoms. The molecule has 0 aliphatic heterocycles. The number of unbranched alkanes of at least 4 members (excludes halogenated alkanes) is 7. The Hall–Kier alpha value is 0.240. The molecule has 0 saturated heterocycles. The highest BCUT2D eigenvalue weighted by atomic mass is 127. The quantitative estimate of drug-likeness (QED) is 0.116. The number of halogens is 8. The fraction of sp³-hybridized carbons (Fsp3) is 1.00. The molecule has 0 heterocycles. The highest BCUT2D eigenvalue weighted by Gasteiger charge is 2.73. The summed E-state index contributed by atoms with van der Waals surface area (Å²) in [5, 5.41) is 0. The molecule has 24 heavy (non-hydrogen) atoms. The van der Waals surface area contributed by atoms with E-state index in [-0.39, 0.29) is 6.42 Å². The molecule has 0 amide bonds. The van der Waals surface area contributed by atoms with E-state index in [0.29, 0.717) is 6.42 Å². The minimum atomic E-state index is -6.25. The second-order valence-electron chi connectivity index (χ2n) is 6.59. The lowest BCUT2D eigenvalue weighted by molar-refractivity contribution is -0.356. The van der Waals surface area contributed by atoms with Crippen molar-refractivity contribution in [1.29, 1.82) is 0 Å². The summed E-state index contributed by atoms with van der Waals surface area (Å²) < 4.78 is 88.0. The third-order valence-corrected chi connectivity index (χ3v) is 4.88. The van der Waals surface area contributed by atoms with Gasteiger partial charge in [0.15, 0.2) is 0 Å². The molecule has 0 aromatic carbocycles. The van der Waals surface area contributed by atoms with Crippen LogP contribution in [0, 0.1) is 0 Å². The molecule has 0 aromatic heterocycles. The third-order valence-electron chi connectivity index (χ3n) is 3.96. The fourth-order valence-corrected chi connectivity index (χ4v) is 3.36. The van der Waals surface area contributed by atoms with E-state index in [1.807, 2.05) is 0 Å². The molecule has 1 unspecified atom stereocenters. The maximum atomic E-state index is 13.5. The van der Waals surface area contributed by atoms with E-state index in [9.17, 15) is 30.7 Å². The number of alkyl halides is 8. The van der Waals surface area contributed by atoms with Gasteiger partial charge in [-0.15, -0.1) is 0 Å². The van der Waals surface area contributed by atoms with Gasteiger partial charge in [-0.2, -0.15) is 30.7 Å². The van der Waals surface area contributed by atoms with E-state index in [1.54, 1.807) is 22.6 Å². The standard InChI is InChI=1S/C16H26F7I/c1-3-4-5-6-7-8-9-10-11-13(2,24)12-14(17,18)15(19,20)16(21,22)23/h3-12H2,1-2H3. The maximum Gasteiger partial charge on any atom is 0.459 e. The third kappa shape index (κ3) is 8.08. The van der Waals surface area contributed by atoms with Gasteiger partial charge in [-0.1, -0.05) is 87.8 Å². The van der Waals surface area contributed by atoms with Crippen LogP contribution in [-0.4, -0.2) is 21.4 Å². The topological polar surface area (TPSA) is 0 Å². The van der Waals surface area contributed by atoms with Gasteiger partial charge >= 0.3 is 18.0 Å². The molecule has 0 radical (unpaired) electrons. The molecule has 0 aliphatic rings. The Bertz CT molecular complexity index is 351. The van der Waals surface area contributed by atoms with Crippen LogP contribution in [0.25, 0.3) is 0 Å². The van der Waals surface area contributed by atoms with Crippen molar-refractivity contribution in [2.24, 2.45) is 0 Å². The first-order chi connectivity index (χ1) is 10.8. The Morgan fingerprint density at radius 3 is 1.54 bits per heavy atom. The van der Waals surface area contributed by atoms with E-state index < -0.39 is 27.9 Å². The van der Waals surface area contributed by atoms with Gasteiger partial charge in [0.05, 0.1) is 0 Å². The van der Waals surface area contributed by atoms with Crippen LogP contribution in [0.4, 0.5) is 30.7 Å². The first-order valence-electron chi connectivity index (χ1n) is 8.28. The molecular weight excluding hydrogens is 452 g/mol. The van der Waals surface area contributed by atoms with Crippen LogP contribution in [0.2, 0.25) is 0 Å². The minimum absolute atomic E-state index is 0.187. The molecule has 0 N–H and O–H groups in total. The van der Waals surface area contributed by atoms with E-state index in [4.69, 9.17) is 0 Å². The van der Waals surface area contributed by atoms with Crippen molar-refractivity contribution < 1.29 is 30.7 Å². The van der Waals surface area contributed by atoms with Crippen LogP contribution >= 0.6 is 22.6 Å². The average molecular weight is 478 g/mol. The van der Waals surface area contributed by atoms with Crippen LogP contribution in [0.5, 0.6) is 0 Å². The fourth-order valence-electron chi connectivity index (χ4n) is 2.50. The Morgan fingerprint density at radius 2 is 1.12 bits per heavy atom. The van der Waals surface area contributed by atoms with E-state index in [2.05, 4.69) is 6.92 Å². The Kier molecular flexibility index (Phi) is 9.90. The van der Waals surface area contributed by atoms with Crippen molar-refractivity contribution in [2.75, 3.05) is 0 Å². The zero-order valence-electron chi connectivity index (χ0n) is 14.1. The monoisotopic (exact) mass is 478 g/mol. The van der Waals surface area contributed by atoms with Crippen molar-refractivity contribution in [3.05, 3.63) is 0 Å². The molecule has 0 nitrogen and oxygen atoms in total. The zero-order valence-corrected chi connectivity index (χ0v) is 16.3. The normalized spacial score (nSPS) is 16.2. The lowest BCUT2D eigenvalue weighted by Crippen LogP contribution is -2.53. The Morgan fingerprint density at radius 1 is 0.708 bits per heavy atom. The van der Waals surface area contributed by atoms with Gasteiger partial charge in [0, 0.05) is 9.84 Å². The molecule has 0 aromatic rings. The van der Waals surface area contributed by atoms with Crippen LogP contribution in [0.1, 0.15) is 78.1 Å². The van der Waals surface area contributed by atoms with Gasteiger partial charge in [-0.3, -0.25) is 0 Å². The molecule has 0 spiro atoms. The lowest BCUT2D eigenvalue weighted by atomic mass is 9.93. The zero-order chi connectivity index (χ0) is 19.1. The minimum Gasteiger partial charge on any atom is -0.199 e. The molecule has 0 rings (SSSR count). The maximum absolute atomic E-state index is 13.5. The second-order valence-corrected chi connectivity index (χ2v) is 9.20. The second kappa shape index (κ2) is 9.80. The summed E-state index contributed by atoms with van der Waals surface area (Å²) in [5.41, 5.74) is 0.